The number of aliphatic carboxylic acids is 2. The summed E-state index contributed by atoms with van der Waals surface area (Å²) in [6, 6.07) is 2.59. The van der Waals surface area contributed by atoms with Crippen LogP contribution in [0.2, 0.25) is 0 Å². The van der Waals surface area contributed by atoms with Gasteiger partial charge in [0.25, 0.3) is 0 Å². The van der Waals surface area contributed by atoms with Gasteiger partial charge in [0.2, 0.25) is 0 Å². The van der Waals surface area contributed by atoms with Gasteiger partial charge in [-0.15, -0.1) is 0 Å². The van der Waals surface area contributed by atoms with Crippen LogP contribution in [-0.4, -0.2) is 28.4 Å². The smallest absolute Gasteiger partial charge is 0.336 e. The van der Waals surface area contributed by atoms with E-state index < -0.39 is 18.4 Å². The van der Waals surface area contributed by atoms with Crippen molar-refractivity contribution in [3.05, 3.63) is 40.7 Å². The first-order valence-electron chi connectivity index (χ1n) is 5.77. The lowest BCUT2D eigenvalue weighted by atomic mass is 10.1. The number of rotatable bonds is 5. The second kappa shape index (κ2) is 6.60. The number of hydrogen-bond acceptors (Lipinski definition) is 3. The molecule has 0 unspecified atom stereocenters. The van der Waals surface area contributed by atoms with Crippen molar-refractivity contribution in [1.82, 2.24) is 0 Å². The molecule has 1 rings (SSSR count). The number of carboxylic acids is 2. The van der Waals surface area contributed by atoms with Crippen LogP contribution in [0.15, 0.2) is 28.8 Å². The summed E-state index contributed by atoms with van der Waals surface area (Å²) in [6.07, 6.45) is 1.72. The van der Waals surface area contributed by atoms with Crippen LogP contribution in [0.5, 0.6) is 0 Å². The number of carbonyl (C=O) groups is 2. The van der Waals surface area contributed by atoms with Crippen molar-refractivity contribution < 1.29 is 24.2 Å². The third-order valence-corrected chi connectivity index (χ3v) is 2.53. The fourth-order valence-electron chi connectivity index (χ4n) is 1.63. The van der Waals surface area contributed by atoms with E-state index in [0.29, 0.717) is 16.8 Å². The highest BCUT2D eigenvalue weighted by Gasteiger charge is 2.07. The van der Waals surface area contributed by atoms with Gasteiger partial charge in [0.05, 0.1) is 17.7 Å². The summed E-state index contributed by atoms with van der Waals surface area (Å²) in [5.41, 5.74) is 1.38. The Morgan fingerprint density at radius 1 is 1.25 bits per heavy atom. The Morgan fingerprint density at radius 3 is 2.25 bits per heavy atom. The van der Waals surface area contributed by atoms with Crippen molar-refractivity contribution in [3.63, 3.8) is 0 Å². The molecule has 0 bridgehead atoms. The van der Waals surface area contributed by atoms with E-state index in [1.165, 1.54) is 12.1 Å². The highest BCUT2D eigenvalue weighted by molar-refractivity contribution is 6.09. The first-order chi connectivity index (χ1) is 9.31. The maximum absolute atomic E-state index is 13.1. The molecule has 0 saturated heterocycles. The minimum atomic E-state index is -1.27. The Hall–Kier alpha value is -2.50. The molecule has 0 spiro atoms. The highest BCUT2D eigenvalue weighted by atomic mass is 19.1. The first-order valence-corrected chi connectivity index (χ1v) is 5.77. The van der Waals surface area contributed by atoms with Gasteiger partial charge in [0, 0.05) is 6.21 Å². The number of nitrogens with zero attached hydrogens (tertiary/aromatic N) is 1. The predicted octanol–water partition coefficient (Wildman–Crippen LogP) is 2.63. The van der Waals surface area contributed by atoms with Crippen LogP contribution < -0.4 is 0 Å². The topological polar surface area (TPSA) is 87.0 Å². The molecule has 1 aromatic carbocycles. The van der Waals surface area contributed by atoms with Crippen LogP contribution in [0.25, 0.3) is 0 Å². The summed E-state index contributed by atoms with van der Waals surface area (Å²) in [5, 5.41) is 17.5. The molecule has 0 heterocycles. The van der Waals surface area contributed by atoms with Crippen LogP contribution in [-0.2, 0) is 9.59 Å². The molecule has 6 heteroatoms. The Morgan fingerprint density at radius 2 is 1.80 bits per heavy atom. The van der Waals surface area contributed by atoms with Crippen LogP contribution in [0.3, 0.4) is 0 Å². The van der Waals surface area contributed by atoms with E-state index in [0.717, 1.165) is 12.3 Å². The molecule has 0 aliphatic rings. The van der Waals surface area contributed by atoms with E-state index in [4.69, 9.17) is 10.2 Å². The molecule has 0 aliphatic carbocycles. The zero-order valence-corrected chi connectivity index (χ0v) is 11.1. The molecule has 20 heavy (non-hydrogen) atoms. The number of aryl methyl sites for hydroxylation is 2. The fourth-order valence-corrected chi connectivity index (χ4v) is 1.63. The summed E-state index contributed by atoms with van der Waals surface area (Å²) in [6.45, 7) is 3.31. The van der Waals surface area contributed by atoms with Gasteiger partial charge in [-0.25, -0.2) is 9.18 Å². The van der Waals surface area contributed by atoms with E-state index in [1.54, 1.807) is 13.8 Å². The lowest BCUT2D eigenvalue weighted by Crippen LogP contribution is -2.03. The lowest BCUT2D eigenvalue weighted by molar-refractivity contribution is -0.136. The number of benzene rings is 1. The largest absolute Gasteiger partial charge is 0.481 e. The Labute approximate surface area is 115 Å². The third kappa shape index (κ3) is 4.31. The van der Waals surface area contributed by atoms with E-state index >= 15 is 0 Å². The SMILES string of the molecule is Cc1cc(F)cc(C)c1N=CC(=CCC(=O)O)C(=O)O. The van der Waals surface area contributed by atoms with Crippen molar-refractivity contribution in [3.8, 4) is 0 Å². The number of carboxylic acid groups (broad SMARTS) is 2. The number of aliphatic imine (C=N–C) groups is 1. The molecule has 0 radical (unpaired) electrons. The van der Waals surface area contributed by atoms with E-state index in [-0.39, 0.29) is 11.4 Å². The molecule has 0 fully saturated rings. The lowest BCUT2D eigenvalue weighted by Gasteiger charge is -2.04. The van der Waals surface area contributed by atoms with Gasteiger partial charge < -0.3 is 10.2 Å². The minimum Gasteiger partial charge on any atom is -0.481 e. The third-order valence-electron chi connectivity index (χ3n) is 2.53. The van der Waals surface area contributed by atoms with Crippen molar-refractivity contribution in [2.24, 2.45) is 4.99 Å². The quantitative estimate of drug-likeness (QED) is 0.640. The van der Waals surface area contributed by atoms with Gasteiger partial charge in [0.1, 0.15) is 5.82 Å². The Kier molecular flexibility index (Phi) is 5.14. The van der Waals surface area contributed by atoms with Gasteiger partial charge in [0.15, 0.2) is 0 Å². The molecule has 0 saturated carbocycles. The summed E-state index contributed by atoms with van der Waals surface area (Å²) in [7, 11) is 0. The molecule has 106 valence electrons. The predicted molar refractivity (Wildman–Crippen MR) is 72.0 cm³/mol. The molecule has 5 nitrogen and oxygen atoms in total. The molecule has 0 aliphatic heterocycles. The second-order valence-corrected chi connectivity index (χ2v) is 4.21. The van der Waals surface area contributed by atoms with E-state index in [2.05, 4.69) is 4.99 Å². The van der Waals surface area contributed by atoms with Gasteiger partial charge in [-0.2, -0.15) is 0 Å². The zero-order valence-electron chi connectivity index (χ0n) is 11.1. The number of hydrogen-bond donors (Lipinski definition) is 2. The van der Waals surface area contributed by atoms with Crippen LogP contribution >= 0.6 is 0 Å². The molecule has 0 atom stereocenters. The molecular formula is C14H14FNO4. The fraction of sp³-hybridized carbons (Fsp3) is 0.214. The van der Waals surface area contributed by atoms with Gasteiger partial charge in [-0.1, -0.05) is 6.08 Å². The minimum absolute atomic E-state index is 0.226. The van der Waals surface area contributed by atoms with Crippen molar-refractivity contribution in [2.45, 2.75) is 20.3 Å². The highest BCUT2D eigenvalue weighted by Crippen LogP contribution is 2.24. The van der Waals surface area contributed by atoms with E-state index in [9.17, 15) is 14.0 Å². The van der Waals surface area contributed by atoms with Gasteiger partial charge in [-0.05, 0) is 37.1 Å². The Balaban J connectivity index is 3.09. The van der Waals surface area contributed by atoms with Crippen molar-refractivity contribution >= 4 is 23.8 Å². The second-order valence-electron chi connectivity index (χ2n) is 4.21. The summed E-state index contributed by atoms with van der Waals surface area (Å²) < 4.78 is 13.1. The zero-order chi connectivity index (χ0) is 15.3. The maximum Gasteiger partial charge on any atom is 0.336 e. The molecule has 1 aromatic rings. The summed E-state index contributed by atoms with van der Waals surface area (Å²) in [4.78, 5) is 25.4. The number of halogens is 1. The van der Waals surface area contributed by atoms with Crippen LogP contribution in [0.4, 0.5) is 10.1 Å². The van der Waals surface area contributed by atoms with Crippen LogP contribution in [0.1, 0.15) is 17.5 Å². The Bertz CT molecular complexity index is 582. The normalized spacial score (nSPS) is 11.8. The van der Waals surface area contributed by atoms with Gasteiger partial charge >= 0.3 is 11.9 Å². The van der Waals surface area contributed by atoms with E-state index in [1.807, 2.05) is 0 Å². The average molecular weight is 279 g/mol. The van der Waals surface area contributed by atoms with Crippen LogP contribution in [0, 0.1) is 19.7 Å². The van der Waals surface area contributed by atoms with Gasteiger partial charge in [-0.3, -0.25) is 9.79 Å². The molecular weight excluding hydrogens is 265 g/mol. The summed E-state index contributed by atoms with van der Waals surface area (Å²) >= 11 is 0. The van der Waals surface area contributed by atoms with Crippen molar-refractivity contribution in [2.75, 3.05) is 0 Å². The maximum atomic E-state index is 13.1. The molecule has 0 amide bonds. The van der Waals surface area contributed by atoms with Crippen molar-refractivity contribution in [1.29, 1.82) is 0 Å². The molecule has 0 aromatic heterocycles. The molecule has 2 N–H and O–H groups in total. The summed E-state index contributed by atoms with van der Waals surface area (Å²) in [5.74, 6) is -2.79. The average Bonchev–Trinajstić information content (AvgIpc) is 2.30. The monoisotopic (exact) mass is 279 g/mol. The standard InChI is InChI=1S/C14H14FNO4/c1-8-5-11(15)6-9(2)13(8)16-7-10(14(19)20)3-4-12(17)18/h3,5-7H,4H2,1-2H3,(H,17,18)(H,19,20). The first kappa shape index (κ1) is 15.6.